The number of para-hydroxylation sites is 2. The van der Waals surface area contributed by atoms with Crippen LogP contribution in [0.15, 0.2) is 48.5 Å². The van der Waals surface area contributed by atoms with E-state index in [4.69, 9.17) is 9.47 Å². The molecule has 0 aliphatic carbocycles. The molecule has 2 aromatic carbocycles. The number of carbonyl (C=O) groups is 1. The highest BCUT2D eigenvalue weighted by atomic mass is 16.7. The molecule has 0 radical (unpaired) electrons. The number of aromatic amines is 2. The molecule has 3 heterocycles. The molecule has 4 aromatic rings. The number of carbonyl (C=O) groups excluding carboxylic acids is 1. The predicted octanol–water partition coefficient (Wildman–Crippen LogP) is 2.93. The molecule has 2 aromatic heterocycles. The number of nitrogens with zero attached hydrogens (tertiary/aromatic N) is 2. The van der Waals surface area contributed by atoms with Crippen LogP contribution in [0.4, 0.5) is 5.82 Å². The normalized spacial score (nSPS) is 12.5. The lowest BCUT2D eigenvalue weighted by Crippen LogP contribution is -2.12. The quantitative estimate of drug-likeness (QED) is 0.528. The maximum atomic E-state index is 12.4. The third kappa shape index (κ3) is 2.44. The molecule has 128 valence electrons. The maximum absolute atomic E-state index is 12.4. The molecule has 8 nitrogen and oxygen atoms in total. The van der Waals surface area contributed by atoms with E-state index >= 15 is 0 Å². The zero-order valence-corrected chi connectivity index (χ0v) is 13.4. The minimum atomic E-state index is -0.286. The van der Waals surface area contributed by atoms with E-state index in [1.807, 2.05) is 24.3 Å². The molecule has 26 heavy (non-hydrogen) atoms. The van der Waals surface area contributed by atoms with Crippen LogP contribution in [0.3, 0.4) is 0 Å². The molecule has 0 atom stereocenters. The van der Waals surface area contributed by atoms with Crippen LogP contribution in [0.25, 0.3) is 22.6 Å². The molecule has 1 aliphatic rings. The van der Waals surface area contributed by atoms with Crippen molar-refractivity contribution in [2.24, 2.45) is 0 Å². The van der Waals surface area contributed by atoms with E-state index < -0.39 is 0 Å². The van der Waals surface area contributed by atoms with E-state index in [1.165, 1.54) is 0 Å². The van der Waals surface area contributed by atoms with Crippen molar-refractivity contribution in [2.45, 2.75) is 0 Å². The number of imidazole rings is 1. The van der Waals surface area contributed by atoms with Gasteiger partial charge in [0.15, 0.2) is 23.1 Å². The van der Waals surface area contributed by atoms with Crippen LogP contribution in [-0.2, 0) is 0 Å². The van der Waals surface area contributed by atoms with E-state index in [0.29, 0.717) is 34.4 Å². The fourth-order valence-electron chi connectivity index (χ4n) is 2.81. The van der Waals surface area contributed by atoms with Gasteiger partial charge in [0.1, 0.15) is 5.69 Å². The lowest BCUT2D eigenvalue weighted by Gasteiger charge is -2.02. The highest BCUT2D eigenvalue weighted by Crippen LogP contribution is 2.32. The monoisotopic (exact) mass is 347 g/mol. The first-order chi connectivity index (χ1) is 12.8. The van der Waals surface area contributed by atoms with Gasteiger partial charge in [-0.2, -0.15) is 5.10 Å². The Bertz CT molecular complexity index is 1100. The molecule has 1 amide bonds. The number of H-pyrrole nitrogens is 2. The summed E-state index contributed by atoms with van der Waals surface area (Å²) >= 11 is 0. The highest BCUT2D eigenvalue weighted by Gasteiger charge is 2.17. The van der Waals surface area contributed by atoms with E-state index in [0.717, 1.165) is 11.0 Å². The second kappa shape index (κ2) is 5.62. The first kappa shape index (κ1) is 14.5. The standard InChI is InChI=1S/C18H13N5O3/c24-18(10-5-6-14-15(7-10)26-9-25-14)21-16-8-13(22-23-16)17-19-11-3-1-2-4-12(11)20-17/h1-8H,9H2,(H,19,20)(H2,21,22,23,24). The second-order valence-electron chi connectivity index (χ2n) is 5.79. The number of benzene rings is 2. The van der Waals surface area contributed by atoms with Crippen LogP contribution < -0.4 is 14.8 Å². The molecule has 1 aliphatic heterocycles. The summed E-state index contributed by atoms with van der Waals surface area (Å²) in [6.07, 6.45) is 0. The number of rotatable bonds is 3. The summed E-state index contributed by atoms with van der Waals surface area (Å²) in [4.78, 5) is 20.1. The average Bonchev–Trinajstić information content (AvgIpc) is 3.39. The highest BCUT2D eigenvalue weighted by molar-refractivity contribution is 6.04. The summed E-state index contributed by atoms with van der Waals surface area (Å²) in [6, 6.07) is 14.5. The summed E-state index contributed by atoms with van der Waals surface area (Å²) in [5, 5.41) is 9.76. The Morgan fingerprint density at radius 1 is 1.08 bits per heavy atom. The number of nitrogens with one attached hydrogen (secondary N) is 3. The lowest BCUT2D eigenvalue weighted by molar-refractivity contribution is 0.102. The molecule has 0 saturated heterocycles. The van der Waals surface area contributed by atoms with Crippen LogP contribution in [0.1, 0.15) is 10.4 Å². The van der Waals surface area contributed by atoms with E-state index in [9.17, 15) is 4.79 Å². The fourth-order valence-corrected chi connectivity index (χ4v) is 2.81. The van der Waals surface area contributed by atoms with Gasteiger partial charge < -0.3 is 19.8 Å². The van der Waals surface area contributed by atoms with Gasteiger partial charge in [-0.3, -0.25) is 9.89 Å². The number of ether oxygens (including phenoxy) is 2. The van der Waals surface area contributed by atoms with Gasteiger partial charge in [0, 0.05) is 11.6 Å². The zero-order valence-electron chi connectivity index (χ0n) is 13.4. The first-order valence-corrected chi connectivity index (χ1v) is 7.98. The van der Waals surface area contributed by atoms with E-state index in [-0.39, 0.29) is 12.7 Å². The van der Waals surface area contributed by atoms with Crippen molar-refractivity contribution in [3.63, 3.8) is 0 Å². The summed E-state index contributed by atoms with van der Waals surface area (Å²) in [5.74, 6) is 1.97. The molecule has 0 unspecified atom stereocenters. The number of anilines is 1. The zero-order chi connectivity index (χ0) is 17.5. The molecule has 5 rings (SSSR count). The number of aromatic nitrogens is 4. The van der Waals surface area contributed by atoms with E-state index in [2.05, 4.69) is 25.5 Å². The average molecular weight is 347 g/mol. The Kier molecular flexibility index (Phi) is 3.14. The Morgan fingerprint density at radius 3 is 2.88 bits per heavy atom. The van der Waals surface area contributed by atoms with Gasteiger partial charge in [-0.25, -0.2) is 4.98 Å². The van der Waals surface area contributed by atoms with Crippen molar-refractivity contribution in [2.75, 3.05) is 12.1 Å². The minimum Gasteiger partial charge on any atom is -0.454 e. The lowest BCUT2D eigenvalue weighted by atomic mass is 10.2. The molecule has 0 fully saturated rings. The van der Waals surface area contributed by atoms with Crippen molar-refractivity contribution < 1.29 is 14.3 Å². The Labute approximate surface area is 147 Å². The summed E-state index contributed by atoms with van der Waals surface area (Å²) < 4.78 is 10.5. The van der Waals surface area contributed by atoms with Crippen LogP contribution in [0.2, 0.25) is 0 Å². The number of fused-ring (bicyclic) bond motifs is 2. The largest absolute Gasteiger partial charge is 0.454 e. The smallest absolute Gasteiger partial charge is 0.257 e. The van der Waals surface area contributed by atoms with Gasteiger partial charge in [0.25, 0.3) is 5.91 Å². The van der Waals surface area contributed by atoms with Crippen molar-refractivity contribution >= 4 is 22.8 Å². The molecule has 0 spiro atoms. The van der Waals surface area contributed by atoms with Gasteiger partial charge in [-0.15, -0.1) is 0 Å². The van der Waals surface area contributed by atoms with Crippen LogP contribution >= 0.6 is 0 Å². The Morgan fingerprint density at radius 2 is 1.96 bits per heavy atom. The van der Waals surface area contributed by atoms with E-state index in [1.54, 1.807) is 24.3 Å². The third-order valence-corrected chi connectivity index (χ3v) is 4.10. The second-order valence-corrected chi connectivity index (χ2v) is 5.79. The van der Waals surface area contributed by atoms with Crippen molar-refractivity contribution in [1.82, 2.24) is 20.2 Å². The van der Waals surface area contributed by atoms with Gasteiger partial charge in [0.2, 0.25) is 6.79 Å². The number of hydrogen-bond acceptors (Lipinski definition) is 5. The van der Waals surface area contributed by atoms with Crippen LogP contribution in [0, 0.1) is 0 Å². The summed E-state index contributed by atoms with van der Waals surface area (Å²) in [6.45, 7) is 0.167. The van der Waals surface area contributed by atoms with Crippen LogP contribution in [-0.4, -0.2) is 32.9 Å². The minimum absolute atomic E-state index is 0.167. The van der Waals surface area contributed by atoms with Gasteiger partial charge in [0.05, 0.1) is 11.0 Å². The molecule has 8 heteroatoms. The van der Waals surface area contributed by atoms with Crippen LogP contribution in [0.5, 0.6) is 11.5 Å². The molecular formula is C18H13N5O3. The Balaban J connectivity index is 1.37. The number of hydrogen-bond donors (Lipinski definition) is 3. The number of amides is 1. The molecule has 0 saturated carbocycles. The van der Waals surface area contributed by atoms with Crippen molar-refractivity contribution in [3.8, 4) is 23.0 Å². The maximum Gasteiger partial charge on any atom is 0.257 e. The van der Waals surface area contributed by atoms with Gasteiger partial charge >= 0.3 is 0 Å². The fraction of sp³-hybridized carbons (Fsp3) is 0.0556. The molecule has 0 bridgehead atoms. The summed E-state index contributed by atoms with van der Waals surface area (Å²) in [5.41, 5.74) is 2.94. The summed E-state index contributed by atoms with van der Waals surface area (Å²) in [7, 11) is 0. The predicted molar refractivity (Wildman–Crippen MR) is 94.2 cm³/mol. The van der Waals surface area contributed by atoms with Gasteiger partial charge in [-0.05, 0) is 30.3 Å². The van der Waals surface area contributed by atoms with Crippen molar-refractivity contribution in [1.29, 1.82) is 0 Å². The van der Waals surface area contributed by atoms with Gasteiger partial charge in [-0.1, -0.05) is 12.1 Å². The SMILES string of the molecule is O=C(Nc1cc(-c2nc3ccccc3[nH]2)[nH]n1)c1ccc2c(c1)OCO2. The topological polar surface area (TPSA) is 105 Å². The van der Waals surface area contributed by atoms with Crippen molar-refractivity contribution in [3.05, 3.63) is 54.1 Å². The first-order valence-electron chi connectivity index (χ1n) is 7.98. The molecular weight excluding hydrogens is 334 g/mol. The molecule has 3 N–H and O–H groups in total. The third-order valence-electron chi connectivity index (χ3n) is 4.10. The Hall–Kier alpha value is -3.81.